The first-order valence-corrected chi connectivity index (χ1v) is 15.2. The molecule has 1 N–H and O–H groups in total. The molecule has 0 radical (unpaired) electrons. The lowest BCUT2D eigenvalue weighted by molar-refractivity contribution is -0.141. The zero-order chi connectivity index (χ0) is 23.4. The lowest BCUT2D eigenvalue weighted by atomic mass is 9.41. The highest BCUT2D eigenvalue weighted by atomic mass is 16.3. The van der Waals surface area contributed by atoms with Crippen LogP contribution in [0.3, 0.4) is 0 Å². The van der Waals surface area contributed by atoms with Crippen molar-refractivity contribution in [3.05, 3.63) is 0 Å². The SMILES string of the molecule is CC(C)C12CC(C1)C2.CC(C)C12CC3CC4CC(C1)C4(C3)C2.CC(C)C12CCC(O)(CC1)C2. The summed E-state index contributed by atoms with van der Waals surface area (Å²) >= 11 is 0. The van der Waals surface area contributed by atoms with Crippen LogP contribution >= 0.6 is 0 Å². The van der Waals surface area contributed by atoms with E-state index in [1.165, 1.54) is 24.7 Å². The maximum absolute atomic E-state index is 9.96. The molecule has 1 nitrogen and oxygen atoms in total. The van der Waals surface area contributed by atoms with Gasteiger partial charge in [0.1, 0.15) is 0 Å². The Morgan fingerprint density at radius 2 is 1.12 bits per heavy atom. The van der Waals surface area contributed by atoms with Crippen molar-refractivity contribution in [1.29, 1.82) is 0 Å². The van der Waals surface area contributed by atoms with Gasteiger partial charge in [-0.05, 0) is 153 Å². The van der Waals surface area contributed by atoms with E-state index in [4.69, 9.17) is 0 Å². The molecule has 0 heterocycles. The molecule has 5 unspecified atom stereocenters. The van der Waals surface area contributed by atoms with Gasteiger partial charge in [-0.1, -0.05) is 41.5 Å². The first-order valence-electron chi connectivity index (χ1n) is 15.2. The molecule has 5 atom stereocenters. The van der Waals surface area contributed by atoms with Gasteiger partial charge in [-0.2, -0.15) is 0 Å². The fourth-order valence-electron chi connectivity index (χ4n) is 11.4. The zero-order valence-electron chi connectivity index (χ0n) is 22.9. The molecule has 9 fully saturated rings. The van der Waals surface area contributed by atoms with Crippen molar-refractivity contribution in [2.24, 2.45) is 63.1 Å². The summed E-state index contributed by atoms with van der Waals surface area (Å²) in [4.78, 5) is 0. The summed E-state index contributed by atoms with van der Waals surface area (Å²) in [6, 6.07) is 0. The van der Waals surface area contributed by atoms with Gasteiger partial charge in [0.05, 0.1) is 5.60 Å². The molecule has 0 aliphatic heterocycles. The summed E-state index contributed by atoms with van der Waals surface area (Å²) < 4.78 is 0. The molecule has 9 aliphatic carbocycles. The summed E-state index contributed by atoms with van der Waals surface area (Å²) in [7, 11) is 0. The smallest absolute Gasteiger partial charge is 0.0653 e. The summed E-state index contributed by atoms with van der Waals surface area (Å²) in [5, 5.41) is 9.96. The molecule has 0 saturated heterocycles. The van der Waals surface area contributed by atoms with Crippen molar-refractivity contribution < 1.29 is 5.11 Å². The van der Waals surface area contributed by atoms with Crippen molar-refractivity contribution in [2.75, 3.05) is 0 Å². The lowest BCUT2D eigenvalue weighted by Gasteiger charge is -2.64. The normalized spacial score (nSPS) is 55.5. The van der Waals surface area contributed by atoms with E-state index in [9.17, 15) is 5.11 Å². The highest BCUT2D eigenvalue weighted by Crippen LogP contribution is 2.80. The van der Waals surface area contributed by atoms with Gasteiger partial charge in [-0.3, -0.25) is 0 Å². The quantitative estimate of drug-likeness (QED) is 0.452. The van der Waals surface area contributed by atoms with E-state index < -0.39 is 0 Å². The number of aliphatic hydroxyl groups is 1. The number of fused-ring (bicyclic) bond motifs is 4. The number of hydrogen-bond donors (Lipinski definition) is 1. The van der Waals surface area contributed by atoms with E-state index in [2.05, 4.69) is 41.5 Å². The van der Waals surface area contributed by atoms with Gasteiger partial charge >= 0.3 is 0 Å². The first-order chi connectivity index (χ1) is 15.4. The Morgan fingerprint density at radius 1 is 0.545 bits per heavy atom. The average molecular weight is 455 g/mol. The molecule has 0 aromatic rings. The predicted molar refractivity (Wildman–Crippen MR) is 138 cm³/mol. The minimum atomic E-state index is -0.246. The van der Waals surface area contributed by atoms with Crippen LogP contribution in [0, 0.1) is 63.1 Å². The molecular formula is C32H54O. The molecule has 9 saturated carbocycles. The van der Waals surface area contributed by atoms with E-state index in [1.54, 1.807) is 57.8 Å². The second kappa shape index (κ2) is 7.26. The highest BCUT2D eigenvalue weighted by molar-refractivity contribution is 5.20. The fourth-order valence-corrected chi connectivity index (χ4v) is 11.4. The Balaban J connectivity index is 0.0000000977. The molecule has 9 rings (SSSR count). The van der Waals surface area contributed by atoms with Crippen LogP contribution < -0.4 is 0 Å². The minimum Gasteiger partial charge on any atom is -0.390 e. The van der Waals surface area contributed by atoms with Gasteiger partial charge in [0.15, 0.2) is 0 Å². The predicted octanol–water partition coefficient (Wildman–Crippen LogP) is 8.64. The van der Waals surface area contributed by atoms with Crippen molar-refractivity contribution in [3.8, 4) is 0 Å². The molecule has 1 spiro atoms. The Kier molecular flexibility index (Phi) is 5.14. The Hall–Kier alpha value is -0.0400. The van der Waals surface area contributed by atoms with E-state index in [0.717, 1.165) is 65.1 Å². The van der Waals surface area contributed by atoms with Gasteiger partial charge < -0.3 is 5.11 Å². The van der Waals surface area contributed by atoms with Crippen molar-refractivity contribution in [3.63, 3.8) is 0 Å². The van der Waals surface area contributed by atoms with Gasteiger partial charge in [0.2, 0.25) is 0 Å². The molecular weight excluding hydrogens is 400 g/mol. The minimum absolute atomic E-state index is 0.246. The number of hydrogen-bond acceptors (Lipinski definition) is 1. The summed E-state index contributed by atoms with van der Waals surface area (Å²) in [6.45, 7) is 14.3. The second-order valence-corrected chi connectivity index (χ2v) is 16.2. The van der Waals surface area contributed by atoms with Crippen LogP contribution in [-0.4, -0.2) is 10.7 Å². The summed E-state index contributed by atoms with van der Waals surface area (Å²) in [5.74, 6) is 7.34. The third kappa shape index (κ3) is 3.25. The second-order valence-electron chi connectivity index (χ2n) is 16.2. The molecule has 7 bridgehead atoms. The average Bonchev–Trinajstić information content (AvgIpc) is 3.29. The van der Waals surface area contributed by atoms with Crippen LogP contribution in [0.2, 0.25) is 0 Å². The van der Waals surface area contributed by atoms with Gasteiger partial charge in [-0.25, -0.2) is 0 Å². The Bertz CT molecular complexity index is 748. The van der Waals surface area contributed by atoms with Crippen LogP contribution in [0.25, 0.3) is 0 Å². The molecule has 188 valence electrons. The van der Waals surface area contributed by atoms with Gasteiger partial charge in [0, 0.05) is 0 Å². The van der Waals surface area contributed by atoms with Crippen LogP contribution in [0.15, 0.2) is 0 Å². The summed E-state index contributed by atoms with van der Waals surface area (Å²) in [5.41, 5.74) is 2.86. The van der Waals surface area contributed by atoms with Crippen molar-refractivity contribution >= 4 is 0 Å². The van der Waals surface area contributed by atoms with E-state index >= 15 is 0 Å². The monoisotopic (exact) mass is 454 g/mol. The third-order valence-electron chi connectivity index (χ3n) is 14.1. The third-order valence-corrected chi connectivity index (χ3v) is 14.1. The highest BCUT2D eigenvalue weighted by Gasteiger charge is 2.71. The van der Waals surface area contributed by atoms with Crippen molar-refractivity contribution in [1.82, 2.24) is 0 Å². The molecule has 1 heteroatoms. The topological polar surface area (TPSA) is 20.2 Å². The van der Waals surface area contributed by atoms with E-state index in [1.807, 2.05) is 0 Å². The van der Waals surface area contributed by atoms with Crippen molar-refractivity contribution in [2.45, 2.75) is 137 Å². The van der Waals surface area contributed by atoms with Crippen LogP contribution in [-0.2, 0) is 0 Å². The first kappa shape index (κ1) is 23.4. The Labute approximate surface area is 205 Å². The van der Waals surface area contributed by atoms with Crippen LogP contribution in [0.5, 0.6) is 0 Å². The molecule has 0 aromatic heterocycles. The molecule has 9 aliphatic rings. The molecule has 33 heavy (non-hydrogen) atoms. The van der Waals surface area contributed by atoms with E-state index in [-0.39, 0.29) is 5.60 Å². The van der Waals surface area contributed by atoms with Gasteiger partial charge in [0.25, 0.3) is 0 Å². The van der Waals surface area contributed by atoms with Crippen LogP contribution in [0.4, 0.5) is 0 Å². The zero-order valence-corrected chi connectivity index (χ0v) is 22.9. The number of rotatable bonds is 3. The molecule has 0 aromatic carbocycles. The maximum Gasteiger partial charge on any atom is 0.0653 e. The van der Waals surface area contributed by atoms with E-state index in [0.29, 0.717) is 5.41 Å². The molecule has 0 amide bonds. The van der Waals surface area contributed by atoms with Crippen LogP contribution in [0.1, 0.15) is 131 Å². The van der Waals surface area contributed by atoms with Gasteiger partial charge in [-0.15, -0.1) is 0 Å². The summed E-state index contributed by atoms with van der Waals surface area (Å²) in [6.07, 6.45) is 20.1. The lowest BCUT2D eigenvalue weighted by Crippen LogP contribution is -2.54. The fraction of sp³-hybridized carbons (Fsp3) is 1.00. The maximum atomic E-state index is 9.96. The standard InChI is InChI=1S/C14H22.C10H18O.C8H14/c1-9(2)13-5-10-3-11-4-12(7-13)14(11,6-10)8-13;1-8(2)9-3-5-10(11,7-9)6-4-9;1-6(2)8-3-7(4-8)5-8/h9-12H,3-8H2,1-2H3;8,11H,3-7H2,1-2H3;6-7H,3-5H2,1-2H3. The Morgan fingerprint density at radius 3 is 1.52 bits per heavy atom. The largest absolute Gasteiger partial charge is 0.390 e.